The molecule has 0 heterocycles. The molecule has 1 rings (SSSR count). The lowest BCUT2D eigenvalue weighted by atomic mass is 10.3. The molecular weight excluding hydrogens is 307 g/mol. The molecule has 0 saturated heterocycles. The van der Waals surface area contributed by atoms with Crippen molar-refractivity contribution < 1.29 is 14.6 Å². The van der Waals surface area contributed by atoms with E-state index in [0.717, 1.165) is 9.32 Å². The highest BCUT2D eigenvalue weighted by Gasteiger charge is 2.06. The van der Waals surface area contributed by atoms with Crippen LogP contribution >= 0.6 is 22.6 Å². The van der Waals surface area contributed by atoms with Gasteiger partial charge in [0.15, 0.2) is 0 Å². The summed E-state index contributed by atoms with van der Waals surface area (Å²) in [4.78, 5) is 0. The lowest BCUT2D eigenvalue weighted by Crippen LogP contribution is -2.23. The van der Waals surface area contributed by atoms with Crippen LogP contribution in [0.3, 0.4) is 0 Å². The molecule has 0 saturated carbocycles. The predicted octanol–water partition coefficient (Wildman–Crippen LogP) is 2.07. The molecule has 0 spiro atoms. The van der Waals surface area contributed by atoms with E-state index < -0.39 is 6.10 Å². The Kier molecular flexibility index (Phi) is 5.97. The molecule has 3 nitrogen and oxygen atoms in total. The van der Waals surface area contributed by atoms with Crippen molar-refractivity contribution in [3.05, 3.63) is 27.8 Å². The molecule has 1 aromatic carbocycles. The maximum absolute atomic E-state index is 9.48. The van der Waals surface area contributed by atoms with Crippen molar-refractivity contribution in [2.45, 2.75) is 13.0 Å². The van der Waals surface area contributed by atoms with Crippen molar-refractivity contribution in [3.8, 4) is 5.75 Å². The van der Waals surface area contributed by atoms with E-state index in [2.05, 4.69) is 22.6 Å². The van der Waals surface area contributed by atoms with Crippen LogP contribution in [0.2, 0.25) is 0 Å². The first-order valence-corrected chi connectivity index (χ1v) is 5.95. The normalized spacial score (nSPS) is 12.5. The van der Waals surface area contributed by atoms with Crippen LogP contribution in [0.4, 0.5) is 0 Å². The zero-order chi connectivity index (χ0) is 11.1. The molecule has 0 aliphatic rings. The number of halogens is 1. The molecule has 1 N–H and O–H groups in total. The molecule has 0 aromatic heterocycles. The van der Waals surface area contributed by atoms with Crippen molar-refractivity contribution in [3.63, 3.8) is 0 Å². The highest BCUT2D eigenvalue weighted by Crippen LogP contribution is 2.19. The maximum Gasteiger partial charge on any atom is 0.132 e. The zero-order valence-corrected chi connectivity index (χ0v) is 10.8. The van der Waals surface area contributed by atoms with Crippen LogP contribution in [0.15, 0.2) is 24.3 Å². The van der Waals surface area contributed by atoms with Gasteiger partial charge in [-0.3, -0.25) is 0 Å². The Bertz CT molecular complexity index is 291. The van der Waals surface area contributed by atoms with Crippen molar-refractivity contribution in [1.82, 2.24) is 0 Å². The fourth-order valence-electron chi connectivity index (χ4n) is 1.05. The standard InChI is InChI=1S/C11H15IO3/c1-2-14-7-9(13)8-15-11-6-4-3-5-10(11)12/h3-6,9,13H,2,7-8H2,1H3. The Morgan fingerprint density at radius 1 is 1.33 bits per heavy atom. The minimum atomic E-state index is -0.569. The number of aliphatic hydroxyl groups excluding tert-OH is 1. The Labute approximate surface area is 104 Å². The molecule has 0 bridgehead atoms. The van der Waals surface area contributed by atoms with E-state index in [1.54, 1.807) is 0 Å². The topological polar surface area (TPSA) is 38.7 Å². The van der Waals surface area contributed by atoms with Gasteiger partial charge in [-0.05, 0) is 41.6 Å². The third-order valence-corrected chi connectivity index (χ3v) is 2.67. The van der Waals surface area contributed by atoms with Crippen LogP contribution in [-0.2, 0) is 4.74 Å². The van der Waals surface area contributed by atoms with E-state index in [1.165, 1.54) is 0 Å². The van der Waals surface area contributed by atoms with Crippen LogP contribution in [0.1, 0.15) is 6.92 Å². The Hall–Kier alpha value is -0.330. The van der Waals surface area contributed by atoms with Crippen LogP contribution in [0.5, 0.6) is 5.75 Å². The van der Waals surface area contributed by atoms with Crippen LogP contribution in [0, 0.1) is 3.57 Å². The van der Waals surface area contributed by atoms with Crippen molar-refractivity contribution in [1.29, 1.82) is 0 Å². The highest BCUT2D eigenvalue weighted by atomic mass is 127. The second-order valence-electron chi connectivity index (χ2n) is 3.05. The average molecular weight is 322 g/mol. The largest absolute Gasteiger partial charge is 0.490 e. The summed E-state index contributed by atoms with van der Waals surface area (Å²) in [6.07, 6.45) is -0.569. The van der Waals surface area contributed by atoms with Crippen LogP contribution in [-0.4, -0.2) is 31.0 Å². The summed E-state index contributed by atoms with van der Waals surface area (Å²) < 4.78 is 11.6. The summed E-state index contributed by atoms with van der Waals surface area (Å²) in [5.74, 6) is 0.800. The van der Waals surface area contributed by atoms with E-state index in [4.69, 9.17) is 9.47 Å². The molecule has 1 aromatic rings. The second-order valence-corrected chi connectivity index (χ2v) is 4.22. The monoisotopic (exact) mass is 322 g/mol. The fourth-order valence-corrected chi connectivity index (χ4v) is 1.59. The van der Waals surface area contributed by atoms with E-state index in [9.17, 15) is 5.11 Å². The molecule has 0 aliphatic carbocycles. The molecule has 0 fully saturated rings. The third kappa shape index (κ3) is 4.81. The van der Waals surface area contributed by atoms with Gasteiger partial charge in [0.25, 0.3) is 0 Å². The smallest absolute Gasteiger partial charge is 0.132 e. The van der Waals surface area contributed by atoms with Gasteiger partial charge in [0.2, 0.25) is 0 Å². The van der Waals surface area contributed by atoms with Crippen molar-refractivity contribution in [2.24, 2.45) is 0 Å². The van der Waals surface area contributed by atoms with Crippen molar-refractivity contribution >= 4 is 22.6 Å². The number of ether oxygens (including phenoxy) is 2. The molecule has 0 radical (unpaired) electrons. The lowest BCUT2D eigenvalue weighted by Gasteiger charge is -2.12. The van der Waals surface area contributed by atoms with Gasteiger partial charge in [0, 0.05) is 6.61 Å². The summed E-state index contributed by atoms with van der Waals surface area (Å²) in [6, 6.07) is 7.71. The lowest BCUT2D eigenvalue weighted by molar-refractivity contribution is 0.0163. The predicted molar refractivity (Wildman–Crippen MR) is 67.2 cm³/mol. The Morgan fingerprint density at radius 3 is 2.73 bits per heavy atom. The van der Waals surface area contributed by atoms with Gasteiger partial charge >= 0.3 is 0 Å². The SMILES string of the molecule is CCOCC(O)COc1ccccc1I. The average Bonchev–Trinajstić information content (AvgIpc) is 2.25. The van der Waals surface area contributed by atoms with E-state index in [0.29, 0.717) is 13.2 Å². The number of benzene rings is 1. The van der Waals surface area contributed by atoms with Crippen LogP contribution in [0.25, 0.3) is 0 Å². The van der Waals surface area contributed by atoms with Gasteiger partial charge in [0.1, 0.15) is 18.5 Å². The van der Waals surface area contributed by atoms with Gasteiger partial charge in [-0.25, -0.2) is 0 Å². The number of hydrogen-bond donors (Lipinski definition) is 1. The van der Waals surface area contributed by atoms with E-state index >= 15 is 0 Å². The molecule has 0 amide bonds. The molecule has 1 atom stereocenters. The van der Waals surface area contributed by atoms with Crippen molar-refractivity contribution in [2.75, 3.05) is 19.8 Å². The molecule has 4 heteroatoms. The first kappa shape index (κ1) is 12.7. The molecule has 1 unspecified atom stereocenters. The first-order chi connectivity index (χ1) is 7.24. The van der Waals surface area contributed by atoms with Gasteiger partial charge in [-0.15, -0.1) is 0 Å². The quantitative estimate of drug-likeness (QED) is 0.815. The van der Waals surface area contributed by atoms with Crippen LogP contribution < -0.4 is 4.74 Å². The van der Waals surface area contributed by atoms with Gasteiger partial charge in [0.05, 0.1) is 10.2 Å². The second kappa shape index (κ2) is 7.03. The number of para-hydroxylation sites is 1. The van der Waals surface area contributed by atoms with E-state index in [1.807, 2.05) is 31.2 Å². The molecule has 0 aliphatic heterocycles. The number of hydrogen-bond acceptors (Lipinski definition) is 3. The summed E-state index contributed by atoms with van der Waals surface area (Å²) in [7, 11) is 0. The van der Waals surface area contributed by atoms with Gasteiger partial charge in [-0.2, -0.15) is 0 Å². The maximum atomic E-state index is 9.48. The summed E-state index contributed by atoms with van der Waals surface area (Å²) in [5.41, 5.74) is 0. The number of aliphatic hydroxyl groups is 1. The molecule has 84 valence electrons. The Balaban J connectivity index is 2.33. The summed E-state index contributed by atoms with van der Waals surface area (Å²) >= 11 is 2.20. The van der Waals surface area contributed by atoms with Gasteiger partial charge < -0.3 is 14.6 Å². The summed E-state index contributed by atoms with van der Waals surface area (Å²) in [6.45, 7) is 3.09. The molecule has 15 heavy (non-hydrogen) atoms. The Morgan fingerprint density at radius 2 is 2.07 bits per heavy atom. The zero-order valence-electron chi connectivity index (χ0n) is 8.65. The highest BCUT2D eigenvalue weighted by molar-refractivity contribution is 14.1. The first-order valence-electron chi connectivity index (χ1n) is 4.87. The number of rotatable bonds is 6. The minimum absolute atomic E-state index is 0.264. The minimum Gasteiger partial charge on any atom is -0.490 e. The van der Waals surface area contributed by atoms with E-state index in [-0.39, 0.29) is 6.61 Å². The summed E-state index contributed by atoms with van der Waals surface area (Å²) in [5, 5.41) is 9.48. The third-order valence-electron chi connectivity index (χ3n) is 1.78. The molecular formula is C11H15IO3. The fraction of sp³-hybridized carbons (Fsp3) is 0.455. The van der Waals surface area contributed by atoms with Gasteiger partial charge in [-0.1, -0.05) is 12.1 Å².